The first-order chi connectivity index (χ1) is 13.4. The molecule has 0 atom stereocenters. The number of rotatable bonds is 6. The lowest BCUT2D eigenvalue weighted by Crippen LogP contribution is -2.31. The molecule has 0 aromatic heterocycles. The molecule has 3 aromatic rings. The summed E-state index contributed by atoms with van der Waals surface area (Å²) in [7, 11) is -1.92. The predicted octanol–water partition coefficient (Wildman–Crippen LogP) is 4.15. The average molecular weight is 397 g/mol. The van der Waals surface area contributed by atoms with Crippen molar-refractivity contribution >= 4 is 32.4 Å². The number of benzene rings is 3. The van der Waals surface area contributed by atoms with Gasteiger partial charge in [-0.05, 0) is 29.7 Å². The summed E-state index contributed by atoms with van der Waals surface area (Å²) in [5, 5.41) is 2.00. The van der Waals surface area contributed by atoms with Crippen LogP contribution in [0.5, 0.6) is 0 Å². The molecule has 0 aliphatic carbocycles. The minimum absolute atomic E-state index is 0.133. The molecule has 0 spiro atoms. The summed E-state index contributed by atoms with van der Waals surface area (Å²) >= 11 is 0. The highest BCUT2D eigenvalue weighted by molar-refractivity contribution is 7.89. The normalized spacial score (nSPS) is 11.7. The van der Waals surface area contributed by atoms with Crippen molar-refractivity contribution in [1.82, 2.24) is 4.31 Å². The van der Waals surface area contributed by atoms with Crippen LogP contribution in [0.1, 0.15) is 24.2 Å². The Balaban J connectivity index is 1.99. The second-order valence-electron chi connectivity index (χ2n) is 6.48. The molecule has 146 valence electrons. The molecule has 3 rings (SSSR count). The van der Waals surface area contributed by atoms with Gasteiger partial charge in [0.2, 0.25) is 10.0 Å². The summed E-state index contributed by atoms with van der Waals surface area (Å²) < 4.78 is 26.9. The quantitative estimate of drug-likeness (QED) is 0.629. The highest BCUT2D eigenvalue weighted by Crippen LogP contribution is 2.27. The summed E-state index contributed by atoms with van der Waals surface area (Å²) in [6, 6.07) is 19.9. The molecule has 0 saturated carbocycles. The lowest BCUT2D eigenvalue weighted by Gasteiger charge is -2.21. The molecule has 0 fully saturated rings. The van der Waals surface area contributed by atoms with E-state index in [2.05, 4.69) is 0 Å². The van der Waals surface area contributed by atoms with E-state index >= 15 is 0 Å². The van der Waals surface area contributed by atoms with Gasteiger partial charge in [0.1, 0.15) is 0 Å². The van der Waals surface area contributed by atoms with Crippen molar-refractivity contribution < 1.29 is 13.2 Å². The number of carbonyl (C=O) groups excluding carboxylic acids is 1. The molecular formula is C22H24N2O3S. The van der Waals surface area contributed by atoms with Crippen LogP contribution in [0.4, 0.5) is 5.69 Å². The molecule has 0 heterocycles. The smallest absolute Gasteiger partial charge is 0.258 e. The summed E-state index contributed by atoms with van der Waals surface area (Å²) in [5.41, 5.74) is 1.11. The average Bonchev–Trinajstić information content (AvgIpc) is 2.73. The molecule has 0 aliphatic rings. The third kappa shape index (κ3) is 3.66. The van der Waals surface area contributed by atoms with E-state index in [9.17, 15) is 13.2 Å². The van der Waals surface area contributed by atoms with Crippen LogP contribution in [0.2, 0.25) is 0 Å². The zero-order valence-electron chi connectivity index (χ0n) is 16.3. The maximum atomic E-state index is 13.1. The van der Waals surface area contributed by atoms with Crippen molar-refractivity contribution in [1.29, 1.82) is 0 Å². The van der Waals surface area contributed by atoms with Crippen molar-refractivity contribution in [2.75, 3.05) is 25.0 Å². The largest absolute Gasteiger partial charge is 0.311 e. The number of hydrogen-bond donors (Lipinski definition) is 0. The number of nitrogens with zero attached hydrogens (tertiary/aromatic N) is 2. The van der Waals surface area contributed by atoms with E-state index in [0.29, 0.717) is 18.7 Å². The lowest BCUT2D eigenvalue weighted by molar-refractivity contribution is 0.0993. The van der Waals surface area contributed by atoms with Gasteiger partial charge in [-0.3, -0.25) is 4.79 Å². The first-order valence-corrected chi connectivity index (χ1v) is 10.7. The lowest BCUT2D eigenvalue weighted by atomic mass is 10.1. The van der Waals surface area contributed by atoms with Crippen molar-refractivity contribution in [2.45, 2.75) is 18.7 Å². The van der Waals surface area contributed by atoms with E-state index in [0.717, 1.165) is 16.5 Å². The Morgan fingerprint density at radius 2 is 1.54 bits per heavy atom. The number of carbonyl (C=O) groups is 1. The van der Waals surface area contributed by atoms with Crippen LogP contribution in [-0.4, -0.2) is 38.8 Å². The molecule has 5 nitrogen and oxygen atoms in total. The van der Waals surface area contributed by atoms with E-state index < -0.39 is 10.0 Å². The fourth-order valence-corrected chi connectivity index (χ4v) is 4.81. The fraction of sp³-hybridized carbons (Fsp3) is 0.227. The van der Waals surface area contributed by atoms with Crippen LogP contribution in [-0.2, 0) is 10.0 Å². The number of amides is 1. The maximum absolute atomic E-state index is 13.1. The van der Waals surface area contributed by atoms with Gasteiger partial charge < -0.3 is 4.90 Å². The Morgan fingerprint density at radius 1 is 0.893 bits per heavy atom. The van der Waals surface area contributed by atoms with Gasteiger partial charge in [0.15, 0.2) is 0 Å². The molecule has 6 heteroatoms. The highest BCUT2D eigenvalue weighted by atomic mass is 32.2. The number of sulfonamides is 1. The first-order valence-electron chi connectivity index (χ1n) is 9.26. The SMILES string of the molecule is CCN(CC)S(=O)(=O)c1cccc(C(=O)N(C)c2cccc3ccccc23)c1. The van der Waals surface area contributed by atoms with Gasteiger partial charge in [0.05, 0.1) is 10.6 Å². The molecular weight excluding hydrogens is 372 g/mol. The van der Waals surface area contributed by atoms with E-state index in [1.54, 1.807) is 37.9 Å². The monoisotopic (exact) mass is 396 g/mol. The van der Waals surface area contributed by atoms with E-state index in [1.165, 1.54) is 16.4 Å². The predicted molar refractivity (Wildman–Crippen MR) is 113 cm³/mol. The summed E-state index contributed by atoms with van der Waals surface area (Å²) in [6.45, 7) is 4.36. The summed E-state index contributed by atoms with van der Waals surface area (Å²) in [5.74, 6) is -0.257. The molecule has 0 saturated heterocycles. The van der Waals surface area contributed by atoms with E-state index in [-0.39, 0.29) is 10.8 Å². The molecule has 28 heavy (non-hydrogen) atoms. The molecule has 3 aromatic carbocycles. The maximum Gasteiger partial charge on any atom is 0.258 e. The molecule has 0 unspecified atom stereocenters. The Labute approximate surface area is 166 Å². The van der Waals surface area contributed by atoms with Crippen LogP contribution < -0.4 is 4.90 Å². The van der Waals surface area contributed by atoms with Crippen molar-refractivity contribution in [2.24, 2.45) is 0 Å². The second kappa shape index (κ2) is 8.12. The molecule has 0 aliphatic heterocycles. The fourth-order valence-electron chi connectivity index (χ4n) is 3.31. The highest BCUT2D eigenvalue weighted by Gasteiger charge is 2.23. The Hall–Kier alpha value is -2.70. The van der Waals surface area contributed by atoms with Gasteiger partial charge >= 0.3 is 0 Å². The molecule has 0 bridgehead atoms. The zero-order valence-corrected chi connectivity index (χ0v) is 17.1. The van der Waals surface area contributed by atoms with Crippen molar-refractivity contribution in [3.8, 4) is 0 Å². The van der Waals surface area contributed by atoms with Crippen LogP contribution in [0.15, 0.2) is 71.6 Å². The third-order valence-electron chi connectivity index (χ3n) is 4.86. The molecule has 0 radical (unpaired) electrons. The zero-order chi connectivity index (χ0) is 20.3. The molecule has 1 amide bonds. The van der Waals surface area contributed by atoms with E-state index in [4.69, 9.17) is 0 Å². The van der Waals surface area contributed by atoms with Crippen LogP contribution in [0.25, 0.3) is 10.8 Å². The number of anilines is 1. The number of fused-ring (bicyclic) bond motifs is 1. The second-order valence-corrected chi connectivity index (χ2v) is 8.42. The topological polar surface area (TPSA) is 57.7 Å². The van der Waals surface area contributed by atoms with Crippen LogP contribution in [0, 0.1) is 0 Å². The van der Waals surface area contributed by atoms with Crippen LogP contribution in [0.3, 0.4) is 0 Å². The standard InChI is InChI=1S/C22H24N2O3S/c1-4-24(5-2)28(26,27)19-13-8-12-18(16-19)22(25)23(3)21-15-9-11-17-10-6-7-14-20(17)21/h6-16H,4-5H2,1-3H3. The van der Waals surface area contributed by atoms with Crippen molar-refractivity contribution in [3.05, 3.63) is 72.3 Å². The van der Waals surface area contributed by atoms with Gasteiger partial charge in [-0.2, -0.15) is 4.31 Å². The van der Waals surface area contributed by atoms with Gasteiger partial charge in [-0.1, -0.05) is 56.3 Å². The minimum atomic E-state index is -3.62. The molecule has 0 N–H and O–H groups in total. The van der Waals surface area contributed by atoms with Gasteiger partial charge in [0.25, 0.3) is 5.91 Å². The summed E-state index contributed by atoms with van der Waals surface area (Å²) in [6.07, 6.45) is 0. The Morgan fingerprint density at radius 3 is 2.25 bits per heavy atom. The third-order valence-corrected chi connectivity index (χ3v) is 6.90. The first kappa shape index (κ1) is 20.0. The Kier molecular flexibility index (Phi) is 5.82. The summed E-state index contributed by atoms with van der Waals surface area (Å²) in [4.78, 5) is 14.8. The van der Waals surface area contributed by atoms with Gasteiger partial charge in [-0.15, -0.1) is 0 Å². The number of hydrogen-bond acceptors (Lipinski definition) is 3. The van der Waals surface area contributed by atoms with E-state index in [1.807, 2.05) is 42.5 Å². The van der Waals surface area contributed by atoms with Gasteiger partial charge in [0, 0.05) is 31.1 Å². The Bertz CT molecular complexity index is 1100. The van der Waals surface area contributed by atoms with Gasteiger partial charge in [-0.25, -0.2) is 8.42 Å². The van der Waals surface area contributed by atoms with Crippen molar-refractivity contribution in [3.63, 3.8) is 0 Å². The van der Waals surface area contributed by atoms with Crippen LogP contribution >= 0.6 is 0 Å². The minimum Gasteiger partial charge on any atom is -0.311 e.